The highest BCUT2D eigenvalue weighted by Crippen LogP contribution is 2.60. The number of rotatable bonds is 2. The third-order valence-corrected chi connectivity index (χ3v) is 3.32. The van der Waals surface area contributed by atoms with Crippen LogP contribution in [0.2, 0.25) is 0 Å². The van der Waals surface area contributed by atoms with E-state index >= 15 is 0 Å². The maximum absolute atomic E-state index is 11.2. The average Bonchev–Trinajstić information content (AvgIpc) is 2.70. The van der Waals surface area contributed by atoms with Gasteiger partial charge in [0.15, 0.2) is 5.41 Å². The first kappa shape index (κ1) is 8.04. The Balaban J connectivity index is 2.25. The van der Waals surface area contributed by atoms with Gasteiger partial charge in [-0.25, -0.2) is 0 Å². The predicted octanol–water partition coefficient (Wildman–Crippen LogP) is -0.202. The van der Waals surface area contributed by atoms with Gasteiger partial charge in [-0.05, 0) is 6.42 Å². The minimum absolute atomic E-state index is 0.0156. The zero-order valence-electron chi connectivity index (χ0n) is 6.25. The van der Waals surface area contributed by atoms with Crippen LogP contribution in [0, 0.1) is 11.3 Å². The number of hydrogen-bond acceptors (Lipinski definition) is 3. The number of hydrogen-bond donors (Lipinski definition) is 1. The molecule has 0 bridgehead atoms. The number of carbonyl (C=O) groups is 2. The minimum Gasteiger partial charge on any atom is -0.460 e. The average molecular weight is 234 g/mol. The SMILES string of the molecule is NC(=O)[C@@]12C[C@@H]1C(CBr)OC2=O. The van der Waals surface area contributed by atoms with Crippen molar-refractivity contribution in [1.29, 1.82) is 0 Å². The lowest BCUT2D eigenvalue weighted by atomic mass is 10.0. The lowest BCUT2D eigenvalue weighted by Gasteiger charge is -2.06. The smallest absolute Gasteiger partial charge is 0.322 e. The van der Waals surface area contributed by atoms with Crippen LogP contribution in [-0.4, -0.2) is 23.3 Å². The highest BCUT2D eigenvalue weighted by atomic mass is 79.9. The van der Waals surface area contributed by atoms with Gasteiger partial charge in [0.2, 0.25) is 5.91 Å². The maximum Gasteiger partial charge on any atom is 0.322 e. The van der Waals surface area contributed by atoms with E-state index in [1.54, 1.807) is 0 Å². The number of carbonyl (C=O) groups excluding carboxylic acids is 2. The molecule has 4 nitrogen and oxygen atoms in total. The molecular weight excluding hydrogens is 226 g/mol. The molecule has 1 unspecified atom stereocenters. The molecule has 1 aliphatic heterocycles. The molecule has 12 heavy (non-hydrogen) atoms. The summed E-state index contributed by atoms with van der Waals surface area (Å²) in [4.78, 5) is 22.1. The molecule has 0 aromatic heterocycles. The molecule has 1 saturated heterocycles. The van der Waals surface area contributed by atoms with Crippen LogP contribution in [0.5, 0.6) is 0 Å². The van der Waals surface area contributed by atoms with Crippen molar-refractivity contribution in [1.82, 2.24) is 0 Å². The predicted molar refractivity (Wildman–Crippen MR) is 43.4 cm³/mol. The number of esters is 1. The van der Waals surface area contributed by atoms with Crippen molar-refractivity contribution < 1.29 is 14.3 Å². The van der Waals surface area contributed by atoms with Crippen molar-refractivity contribution in [2.45, 2.75) is 12.5 Å². The van der Waals surface area contributed by atoms with E-state index < -0.39 is 17.3 Å². The quantitative estimate of drug-likeness (QED) is 0.408. The van der Waals surface area contributed by atoms with E-state index in [-0.39, 0.29) is 12.0 Å². The van der Waals surface area contributed by atoms with E-state index in [0.717, 1.165) is 0 Å². The van der Waals surface area contributed by atoms with Crippen molar-refractivity contribution in [3.63, 3.8) is 0 Å². The van der Waals surface area contributed by atoms with Crippen LogP contribution in [0.4, 0.5) is 0 Å². The standard InChI is InChI=1S/C7H8BrNO3/c8-2-4-3-1-7(3,5(9)10)6(11)12-4/h3-4H,1-2H2,(H2,9,10)/t3-,4?,7-/m1/s1. The zero-order valence-corrected chi connectivity index (χ0v) is 7.83. The van der Waals surface area contributed by atoms with Crippen molar-refractivity contribution in [2.75, 3.05) is 5.33 Å². The molecule has 2 N–H and O–H groups in total. The highest BCUT2D eigenvalue weighted by molar-refractivity contribution is 9.09. The fourth-order valence-electron chi connectivity index (χ4n) is 1.82. The maximum atomic E-state index is 11.2. The molecule has 5 heteroatoms. The lowest BCUT2D eigenvalue weighted by Crippen LogP contribution is -2.31. The van der Waals surface area contributed by atoms with E-state index in [2.05, 4.69) is 15.9 Å². The van der Waals surface area contributed by atoms with Gasteiger partial charge in [-0.2, -0.15) is 0 Å². The molecule has 1 heterocycles. The van der Waals surface area contributed by atoms with E-state index in [1.807, 2.05) is 0 Å². The summed E-state index contributed by atoms with van der Waals surface area (Å²) < 4.78 is 4.95. The summed E-state index contributed by atoms with van der Waals surface area (Å²) in [6.45, 7) is 0. The number of primary amides is 1. The van der Waals surface area contributed by atoms with Gasteiger partial charge < -0.3 is 10.5 Å². The Bertz CT molecular complexity index is 267. The van der Waals surface area contributed by atoms with Crippen LogP contribution in [0.3, 0.4) is 0 Å². The first-order chi connectivity index (χ1) is 5.63. The van der Waals surface area contributed by atoms with E-state index in [9.17, 15) is 9.59 Å². The number of cyclic esters (lactones) is 1. The second-order valence-electron chi connectivity index (χ2n) is 3.24. The van der Waals surface area contributed by atoms with Crippen LogP contribution in [0.15, 0.2) is 0 Å². The second kappa shape index (κ2) is 2.22. The number of halogens is 1. The summed E-state index contributed by atoms with van der Waals surface area (Å²) in [5.41, 5.74) is 4.17. The molecule has 0 aromatic rings. The number of ether oxygens (including phenoxy) is 1. The molecule has 2 fully saturated rings. The Hall–Kier alpha value is -0.580. The van der Waals surface area contributed by atoms with Gasteiger partial charge >= 0.3 is 5.97 Å². The Kier molecular flexibility index (Phi) is 1.49. The van der Waals surface area contributed by atoms with Crippen LogP contribution in [0.1, 0.15) is 6.42 Å². The molecule has 2 aliphatic rings. The summed E-state index contributed by atoms with van der Waals surface area (Å²) in [6, 6.07) is 0. The van der Waals surface area contributed by atoms with Crippen LogP contribution < -0.4 is 5.73 Å². The topological polar surface area (TPSA) is 69.4 Å². The molecule has 66 valence electrons. The number of fused-ring (bicyclic) bond motifs is 1. The van der Waals surface area contributed by atoms with Crippen molar-refractivity contribution >= 4 is 27.8 Å². The fourth-order valence-corrected chi connectivity index (χ4v) is 2.40. The van der Waals surface area contributed by atoms with E-state index in [1.165, 1.54) is 0 Å². The van der Waals surface area contributed by atoms with Gasteiger partial charge in [-0.15, -0.1) is 0 Å². The summed E-state index contributed by atoms with van der Waals surface area (Å²) in [5.74, 6) is -0.965. The van der Waals surface area contributed by atoms with Gasteiger partial charge in [0, 0.05) is 11.2 Å². The fraction of sp³-hybridized carbons (Fsp3) is 0.714. The van der Waals surface area contributed by atoms with Gasteiger partial charge in [-0.3, -0.25) is 9.59 Å². The first-order valence-electron chi connectivity index (χ1n) is 3.70. The number of amides is 1. The molecule has 1 amide bonds. The van der Waals surface area contributed by atoms with Crippen molar-refractivity contribution in [3.05, 3.63) is 0 Å². The molecule has 1 saturated carbocycles. The van der Waals surface area contributed by atoms with Crippen LogP contribution in [0.25, 0.3) is 0 Å². The molecular formula is C7H8BrNO3. The largest absolute Gasteiger partial charge is 0.460 e. The normalized spacial score (nSPS) is 43.6. The van der Waals surface area contributed by atoms with Crippen LogP contribution >= 0.6 is 15.9 Å². The van der Waals surface area contributed by atoms with Gasteiger partial charge in [0.05, 0.1) is 0 Å². The third-order valence-electron chi connectivity index (χ3n) is 2.68. The summed E-state index contributed by atoms with van der Waals surface area (Å²) in [6.07, 6.45) is 0.405. The Morgan fingerprint density at radius 1 is 1.83 bits per heavy atom. The second-order valence-corrected chi connectivity index (χ2v) is 3.89. The van der Waals surface area contributed by atoms with Gasteiger partial charge in [-0.1, -0.05) is 15.9 Å². The van der Waals surface area contributed by atoms with Gasteiger partial charge in [0.25, 0.3) is 0 Å². The molecule has 2 rings (SSSR count). The third kappa shape index (κ3) is 0.722. The first-order valence-corrected chi connectivity index (χ1v) is 4.82. The number of alkyl halides is 1. The summed E-state index contributed by atoms with van der Waals surface area (Å²) in [5, 5.41) is 0.582. The molecule has 0 aromatic carbocycles. The van der Waals surface area contributed by atoms with Gasteiger partial charge in [0.1, 0.15) is 6.10 Å². The Morgan fingerprint density at radius 3 is 2.75 bits per heavy atom. The molecule has 0 radical (unpaired) electrons. The van der Waals surface area contributed by atoms with Crippen LogP contribution in [-0.2, 0) is 14.3 Å². The summed E-state index contributed by atoms with van der Waals surface area (Å²) in [7, 11) is 0. The zero-order chi connectivity index (χ0) is 8.93. The van der Waals surface area contributed by atoms with Crippen molar-refractivity contribution in [2.24, 2.45) is 17.1 Å². The highest BCUT2D eigenvalue weighted by Gasteiger charge is 2.73. The molecule has 0 spiro atoms. The minimum atomic E-state index is -0.960. The molecule has 3 atom stereocenters. The lowest BCUT2D eigenvalue weighted by molar-refractivity contribution is -0.150. The van der Waals surface area contributed by atoms with E-state index in [4.69, 9.17) is 10.5 Å². The van der Waals surface area contributed by atoms with Crippen molar-refractivity contribution in [3.8, 4) is 0 Å². The monoisotopic (exact) mass is 233 g/mol. The number of nitrogens with two attached hydrogens (primary N) is 1. The summed E-state index contributed by atoms with van der Waals surface area (Å²) >= 11 is 3.21. The van der Waals surface area contributed by atoms with E-state index in [0.29, 0.717) is 11.8 Å². The Morgan fingerprint density at radius 2 is 2.50 bits per heavy atom. The Labute approximate surface area is 77.6 Å². The molecule has 1 aliphatic carbocycles.